The van der Waals surface area contributed by atoms with Gasteiger partial charge in [-0.05, 0) is 34.7 Å². The Morgan fingerprint density at radius 3 is 2.89 bits per heavy atom. The van der Waals surface area contributed by atoms with Crippen molar-refractivity contribution >= 4 is 21.8 Å². The number of amides is 1. The third-order valence-electron chi connectivity index (χ3n) is 3.27. The van der Waals surface area contributed by atoms with Gasteiger partial charge in [0.2, 0.25) is 5.91 Å². The summed E-state index contributed by atoms with van der Waals surface area (Å²) in [5.41, 5.74) is -0.0904. The number of nitrogens with one attached hydrogen (secondary N) is 1. The van der Waals surface area contributed by atoms with Gasteiger partial charge in [-0.3, -0.25) is 9.59 Å². The topological polar surface area (TPSA) is 60.3 Å². The maximum Gasteiger partial charge on any atom is 0.254 e. The predicted molar refractivity (Wildman–Crippen MR) is 75.2 cm³/mol. The first-order chi connectivity index (χ1) is 8.95. The van der Waals surface area contributed by atoms with Gasteiger partial charge in [-0.2, -0.15) is 0 Å². The lowest BCUT2D eigenvalue weighted by atomic mass is 9.82. The second-order valence-corrected chi connectivity index (χ2v) is 5.80. The van der Waals surface area contributed by atoms with Crippen LogP contribution in [0.4, 0.5) is 0 Å². The first-order valence-corrected chi connectivity index (χ1v) is 7.02. The van der Waals surface area contributed by atoms with Crippen molar-refractivity contribution in [1.82, 2.24) is 9.88 Å². The summed E-state index contributed by atoms with van der Waals surface area (Å²) in [5.74, 6) is 1.06. The summed E-state index contributed by atoms with van der Waals surface area (Å²) in [7, 11) is 1.70. The average molecular weight is 329 g/mol. The highest BCUT2D eigenvalue weighted by molar-refractivity contribution is 9.10. The number of halogens is 1. The molecule has 1 amide bonds. The molecular weight excluding hydrogens is 312 g/mol. The van der Waals surface area contributed by atoms with Crippen LogP contribution in [0.5, 0.6) is 5.75 Å². The van der Waals surface area contributed by atoms with Crippen molar-refractivity contribution in [3.05, 3.63) is 27.1 Å². The Morgan fingerprint density at radius 2 is 2.26 bits per heavy atom. The molecule has 104 valence electrons. The lowest BCUT2D eigenvalue weighted by molar-refractivity contribution is -0.119. The number of aromatic nitrogens is 1. The lowest BCUT2D eigenvalue weighted by Gasteiger charge is -2.35. The molecule has 0 radical (unpaired) electrons. The molecule has 1 fully saturated rings. The Labute approximate surface area is 120 Å². The minimum atomic E-state index is -0.0904. The van der Waals surface area contributed by atoms with Crippen LogP contribution >= 0.6 is 15.9 Å². The largest absolute Gasteiger partial charge is 0.489 e. The molecule has 0 unspecified atom stereocenters. The van der Waals surface area contributed by atoms with Gasteiger partial charge >= 0.3 is 0 Å². The molecule has 0 bridgehead atoms. The van der Waals surface area contributed by atoms with Crippen LogP contribution in [-0.2, 0) is 11.8 Å². The Balaban J connectivity index is 1.86. The van der Waals surface area contributed by atoms with Crippen molar-refractivity contribution in [2.75, 3.05) is 6.54 Å². The standard InChI is InChI=1S/C13H17BrN2O3/c1-8(17)15-6-9-3-10(4-9)19-12-5-13(18)16(2)7-11(12)14/h5,7,9-10H,3-4,6H2,1-2H3,(H,15,17)/t9-,10-. The van der Waals surface area contributed by atoms with Crippen molar-refractivity contribution in [3.63, 3.8) is 0 Å². The summed E-state index contributed by atoms with van der Waals surface area (Å²) in [6, 6.07) is 1.49. The zero-order chi connectivity index (χ0) is 14.0. The fourth-order valence-corrected chi connectivity index (χ4v) is 2.59. The molecule has 0 saturated heterocycles. The molecule has 0 aromatic carbocycles. The van der Waals surface area contributed by atoms with E-state index in [1.807, 2.05) is 0 Å². The smallest absolute Gasteiger partial charge is 0.254 e. The van der Waals surface area contributed by atoms with Gasteiger partial charge in [0.1, 0.15) is 5.75 Å². The fraction of sp³-hybridized carbons (Fsp3) is 0.538. The van der Waals surface area contributed by atoms with E-state index >= 15 is 0 Å². The average Bonchev–Trinajstić information content (AvgIpc) is 2.27. The Kier molecular flexibility index (Phi) is 4.29. The van der Waals surface area contributed by atoms with E-state index < -0.39 is 0 Å². The maximum absolute atomic E-state index is 11.5. The highest BCUT2D eigenvalue weighted by atomic mass is 79.9. The number of carbonyl (C=O) groups excluding carboxylic acids is 1. The fourth-order valence-electron chi connectivity index (χ4n) is 2.08. The molecule has 1 aromatic rings. The quantitative estimate of drug-likeness (QED) is 0.909. The van der Waals surface area contributed by atoms with Crippen molar-refractivity contribution in [3.8, 4) is 5.75 Å². The van der Waals surface area contributed by atoms with Crippen LogP contribution in [-0.4, -0.2) is 23.1 Å². The summed E-state index contributed by atoms with van der Waals surface area (Å²) in [4.78, 5) is 22.3. The van der Waals surface area contributed by atoms with Gasteiger partial charge in [0.25, 0.3) is 5.56 Å². The molecule has 6 heteroatoms. The van der Waals surface area contributed by atoms with Gasteiger partial charge in [0.05, 0.1) is 10.6 Å². The second-order valence-electron chi connectivity index (χ2n) is 4.95. The molecule has 1 heterocycles. The van der Waals surface area contributed by atoms with Crippen molar-refractivity contribution in [2.45, 2.75) is 25.9 Å². The number of pyridine rings is 1. The molecule has 2 rings (SSSR count). The number of ether oxygens (including phenoxy) is 1. The van der Waals surface area contributed by atoms with Gasteiger partial charge in [-0.25, -0.2) is 0 Å². The Morgan fingerprint density at radius 1 is 1.58 bits per heavy atom. The van der Waals surface area contributed by atoms with Crippen LogP contribution in [0.1, 0.15) is 19.8 Å². The predicted octanol–water partition coefficient (Wildman–Crippen LogP) is 1.44. The summed E-state index contributed by atoms with van der Waals surface area (Å²) in [6.45, 7) is 2.22. The molecule has 1 aromatic heterocycles. The van der Waals surface area contributed by atoms with Gasteiger partial charge in [-0.15, -0.1) is 0 Å². The van der Waals surface area contributed by atoms with Crippen molar-refractivity contribution < 1.29 is 9.53 Å². The third-order valence-corrected chi connectivity index (χ3v) is 3.87. The van der Waals surface area contributed by atoms with Crippen LogP contribution in [0.25, 0.3) is 0 Å². The Bertz CT molecular complexity index is 535. The van der Waals surface area contributed by atoms with Crippen molar-refractivity contribution in [1.29, 1.82) is 0 Å². The molecule has 19 heavy (non-hydrogen) atoms. The highest BCUT2D eigenvalue weighted by Crippen LogP contribution is 2.33. The first kappa shape index (κ1) is 14.1. The molecule has 0 aliphatic heterocycles. The number of hydrogen-bond donors (Lipinski definition) is 1. The van der Waals surface area contributed by atoms with Crippen LogP contribution in [0.15, 0.2) is 21.5 Å². The van der Waals surface area contributed by atoms with Crippen LogP contribution in [0.2, 0.25) is 0 Å². The number of carbonyl (C=O) groups is 1. The summed E-state index contributed by atoms with van der Waals surface area (Å²) in [6.07, 6.45) is 3.64. The molecule has 1 saturated carbocycles. The molecule has 5 nitrogen and oxygen atoms in total. The summed E-state index contributed by atoms with van der Waals surface area (Å²) in [5, 5.41) is 2.80. The maximum atomic E-state index is 11.5. The van der Waals surface area contributed by atoms with Gasteiger partial charge in [0, 0.05) is 32.8 Å². The highest BCUT2D eigenvalue weighted by Gasteiger charge is 2.31. The van der Waals surface area contributed by atoms with E-state index in [1.54, 1.807) is 13.2 Å². The zero-order valence-corrected chi connectivity index (χ0v) is 12.6. The van der Waals surface area contributed by atoms with E-state index in [2.05, 4.69) is 21.2 Å². The van der Waals surface area contributed by atoms with Crippen LogP contribution in [0, 0.1) is 5.92 Å². The summed E-state index contributed by atoms with van der Waals surface area (Å²) < 4.78 is 8.06. The monoisotopic (exact) mass is 328 g/mol. The molecule has 0 atom stereocenters. The third kappa shape index (κ3) is 3.59. The first-order valence-electron chi connectivity index (χ1n) is 6.23. The number of hydrogen-bond acceptors (Lipinski definition) is 3. The number of aryl methyl sites for hydroxylation is 1. The van der Waals surface area contributed by atoms with Gasteiger partial charge < -0.3 is 14.6 Å². The van der Waals surface area contributed by atoms with E-state index in [0.29, 0.717) is 18.2 Å². The second kappa shape index (κ2) is 5.77. The lowest BCUT2D eigenvalue weighted by Crippen LogP contribution is -2.40. The summed E-state index contributed by atoms with van der Waals surface area (Å²) >= 11 is 3.39. The van der Waals surface area contributed by atoms with E-state index in [-0.39, 0.29) is 17.6 Å². The van der Waals surface area contributed by atoms with Gasteiger partial charge in [0.15, 0.2) is 0 Å². The van der Waals surface area contributed by atoms with E-state index in [4.69, 9.17) is 4.74 Å². The minimum Gasteiger partial charge on any atom is -0.489 e. The SMILES string of the molecule is CC(=O)NC[C@H]1C[C@H](Oc2cc(=O)n(C)cc2Br)C1. The van der Waals surface area contributed by atoms with Crippen LogP contribution in [0.3, 0.4) is 0 Å². The molecule has 0 spiro atoms. The van der Waals surface area contributed by atoms with E-state index in [0.717, 1.165) is 17.3 Å². The molecular formula is C13H17BrN2O3. The molecule has 1 N–H and O–H groups in total. The number of nitrogens with zero attached hydrogens (tertiary/aromatic N) is 1. The van der Waals surface area contributed by atoms with Gasteiger partial charge in [-0.1, -0.05) is 0 Å². The van der Waals surface area contributed by atoms with Crippen molar-refractivity contribution in [2.24, 2.45) is 13.0 Å². The van der Waals surface area contributed by atoms with E-state index in [1.165, 1.54) is 17.6 Å². The molecule has 1 aliphatic rings. The normalized spacial score (nSPS) is 21.6. The molecule has 1 aliphatic carbocycles. The minimum absolute atomic E-state index is 0.00123. The van der Waals surface area contributed by atoms with Crippen LogP contribution < -0.4 is 15.6 Å². The Hall–Kier alpha value is -1.30. The van der Waals surface area contributed by atoms with E-state index in [9.17, 15) is 9.59 Å². The number of rotatable bonds is 4. The zero-order valence-electron chi connectivity index (χ0n) is 11.0.